The van der Waals surface area contributed by atoms with Crippen LogP contribution in [0.1, 0.15) is 43.2 Å². The van der Waals surface area contributed by atoms with Gasteiger partial charge in [-0.3, -0.25) is 4.40 Å². The number of hydrogen-bond acceptors (Lipinski definition) is 5. The van der Waals surface area contributed by atoms with Gasteiger partial charge in [0.1, 0.15) is 0 Å². The van der Waals surface area contributed by atoms with Gasteiger partial charge in [0.05, 0.1) is 18.0 Å². The van der Waals surface area contributed by atoms with E-state index in [2.05, 4.69) is 50.1 Å². The Hall–Kier alpha value is -2.44. The van der Waals surface area contributed by atoms with Crippen molar-refractivity contribution in [2.24, 2.45) is 0 Å². The molecule has 6 nitrogen and oxygen atoms in total. The van der Waals surface area contributed by atoms with Gasteiger partial charge < -0.3 is 15.4 Å². The largest absolute Gasteiger partial charge is 0.376 e. The zero-order valence-corrected chi connectivity index (χ0v) is 17.0. The summed E-state index contributed by atoms with van der Waals surface area (Å²) in [6.45, 7) is 4.78. The van der Waals surface area contributed by atoms with Crippen LogP contribution in [0.15, 0.2) is 36.8 Å². The third kappa shape index (κ3) is 4.14. The van der Waals surface area contributed by atoms with Crippen molar-refractivity contribution in [3.8, 4) is 11.3 Å². The zero-order valence-electron chi connectivity index (χ0n) is 17.0. The highest BCUT2D eigenvalue weighted by Gasteiger charge is 2.20. The number of benzene rings is 1. The number of anilines is 1. The summed E-state index contributed by atoms with van der Waals surface area (Å²) in [6.07, 6.45) is 12.2. The lowest BCUT2D eigenvalue weighted by Crippen LogP contribution is -2.27. The fraction of sp³-hybridized carbons (Fsp3) is 0.478. The van der Waals surface area contributed by atoms with Gasteiger partial charge in [-0.05, 0) is 56.2 Å². The van der Waals surface area contributed by atoms with E-state index < -0.39 is 0 Å². The highest BCUT2D eigenvalue weighted by Crippen LogP contribution is 2.26. The van der Waals surface area contributed by atoms with Gasteiger partial charge in [-0.2, -0.15) is 0 Å². The van der Waals surface area contributed by atoms with Crippen LogP contribution in [-0.4, -0.2) is 39.7 Å². The minimum absolute atomic E-state index is 0.264. The highest BCUT2D eigenvalue weighted by atomic mass is 16.5. The van der Waals surface area contributed by atoms with Gasteiger partial charge in [0.25, 0.3) is 0 Å². The van der Waals surface area contributed by atoms with Crippen LogP contribution in [0.3, 0.4) is 0 Å². The molecule has 3 aromatic rings. The Bertz CT molecular complexity index is 988. The van der Waals surface area contributed by atoms with E-state index >= 15 is 0 Å². The number of nitrogens with zero attached hydrogens (tertiary/aromatic N) is 3. The number of aromatic nitrogens is 3. The van der Waals surface area contributed by atoms with Gasteiger partial charge >= 0.3 is 0 Å². The number of imidazole rings is 1. The average molecular weight is 392 g/mol. The molecule has 1 aliphatic carbocycles. The number of hydrogen-bond donors (Lipinski definition) is 2. The van der Waals surface area contributed by atoms with Gasteiger partial charge in [0.2, 0.25) is 0 Å². The lowest BCUT2D eigenvalue weighted by atomic mass is 10.0. The number of rotatable bonds is 7. The fourth-order valence-corrected chi connectivity index (χ4v) is 4.03. The van der Waals surface area contributed by atoms with Gasteiger partial charge in [0, 0.05) is 43.7 Å². The van der Waals surface area contributed by atoms with E-state index in [1.54, 1.807) is 0 Å². The maximum atomic E-state index is 5.83. The summed E-state index contributed by atoms with van der Waals surface area (Å²) in [5.41, 5.74) is 5.80. The maximum absolute atomic E-state index is 5.83. The monoisotopic (exact) mass is 391 g/mol. The molecule has 5 rings (SSSR count). The first-order valence-electron chi connectivity index (χ1n) is 10.8. The molecule has 29 heavy (non-hydrogen) atoms. The van der Waals surface area contributed by atoms with Crippen LogP contribution in [0.2, 0.25) is 0 Å². The van der Waals surface area contributed by atoms with Crippen molar-refractivity contribution in [1.29, 1.82) is 0 Å². The summed E-state index contributed by atoms with van der Waals surface area (Å²) in [7, 11) is 0. The lowest BCUT2D eigenvalue weighted by Gasteiger charge is -2.23. The molecular formula is C23H29N5O. The second-order valence-corrected chi connectivity index (χ2v) is 8.28. The second-order valence-electron chi connectivity index (χ2n) is 8.28. The topological polar surface area (TPSA) is 63.5 Å². The van der Waals surface area contributed by atoms with Crippen LogP contribution in [-0.2, 0) is 11.3 Å². The van der Waals surface area contributed by atoms with Crippen molar-refractivity contribution in [2.45, 2.75) is 57.7 Å². The normalized spacial score (nSPS) is 19.6. The van der Waals surface area contributed by atoms with E-state index in [9.17, 15) is 0 Å². The van der Waals surface area contributed by atoms with E-state index in [0.29, 0.717) is 0 Å². The van der Waals surface area contributed by atoms with E-state index in [4.69, 9.17) is 4.74 Å². The fourth-order valence-electron chi connectivity index (χ4n) is 4.03. The summed E-state index contributed by atoms with van der Waals surface area (Å²) in [5.74, 6) is 0.815. The summed E-state index contributed by atoms with van der Waals surface area (Å²) in [5, 5.41) is 7.05. The second kappa shape index (κ2) is 8.13. The van der Waals surface area contributed by atoms with Crippen molar-refractivity contribution in [2.75, 3.05) is 18.5 Å². The minimum Gasteiger partial charge on any atom is -0.376 e. The van der Waals surface area contributed by atoms with E-state index in [0.717, 1.165) is 49.3 Å². The SMILES string of the molecule is Cc1cc(-c2cnc3c(NCC4CCCCO4)nccn23)ccc1CNC1CC1. The zero-order chi connectivity index (χ0) is 19.6. The molecule has 3 heterocycles. The summed E-state index contributed by atoms with van der Waals surface area (Å²) < 4.78 is 7.95. The van der Waals surface area contributed by atoms with Crippen molar-refractivity contribution >= 4 is 11.5 Å². The Morgan fingerprint density at radius 3 is 2.90 bits per heavy atom. The van der Waals surface area contributed by atoms with Crippen LogP contribution >= 0.6 is 0 Å². The first kappa shape index (κ1) is 18.6. The molecule has 2 aliphatic rings. The smallest absolute Gasteiger partial charge is 0.180 e. The molecular weight excluding hydrogens is 362 g/mol. The quantitative estimate of drug-likeness (QED) is 0.639. The molecule has 1 aromatic carbocycles. The van der Waals surface area contributed by atoms with Crippen molar-refractivity contribution < 1.29 is 4.74 Å². The molecule has 0 radical (unpaired) electrons. The predicted molar refractivity (Wildman–Crippen MR) is 115 cm³/mol. The van der Waals surface area contributed by atoms with Crippen LogP contribution in [0.4, 0.5) is 5.82 Å². The molecule has 1 atom stereocenters. The Kier molecular flexibility index (Phi) is 5.21. The first-order chi connectivity index (χ1) is 14.3. The minimum atomic E-state index is 0.264. The van der Waals surface area contributed by atoms with Crippen molar-refractivity contribution in [3.63, 3.8) is 0 Å². The number of fused-ring (bicyclic) bond motifs is 1. The lowest BCUT2D eigenvalue weighted by molar-refractivity contribution is 0.0247. The third-order valence-electron chi connectivity index (χ3n) is 6.00. The summed E-state index contributed by atoms with van der Waals surface area (Å²) >= 11 is 0. The first-order valence-corrected chi connectivity index (χ1v) is 10.8. The van der Waals surface area contributed by atoms with Gasteiger partial charge in [-0.25, -0.2) is 9.97 Å². The average Bonchev–Trinajstić information content (AvgIpc) is 3.48. The van der Waals surface area contributed by atoms with E-state index in [-0.39, 0.29) is 6.10 Å². The molecule has 6 heteroatoms. The van der Waals surface area contributed by atoms with Crippen LogP contribution in [0, 0.1) is 6.92 Å². The van der Waals surface area contributed by atoms with Gasteiger partial charge in [0.15, 0.2) is 11.5 Å². The molecule has 0 amide bonds. The van der Waals surface area contributed by atoms with Crippen LogP contribution in [0.5, 0.6) is 0 Å². The predicted octanol–water partition coefficient (Wildman–Crippen LogP) is 3.94. The molecule has 152 valence electrons. The molecule has 2 aromatic heterocycles. The Morgan fingerprint density at radius 2 is 2.10 bits per heavy atom. The molecule has 0 bridgehead atoms. The molecule has 1 saturated heterocycles. The van der Waals surface area contributed by atoms with Crippen molar-refractivity contribution in [3.05, 3.63) is 47.9 Å². The molecule has 1 aliphatic heterocycles. The standard InChI is InChI=1S/C23H29N5O/c1-16-12-17(5-6-18(16)13-25-19-7-8-19)21-15-27-23-22(24-9-10-28(21)23)26-14-20-4-2-3-11-29-20/h5-6,9-10,12,15,19-20,25H,2-4,7-8,11,13-14H2,1H3,(H,24,26). The molecule has 2 fully saturated rings. The Balaban J connectivity index is 1.35. The summed E-state index contributed by atoms with van der Waals surface area (Å²) in [6, 6.07) is 7.42. The molecule has 0 spiro atoms. The Morgan fingerprint density at radius 1 is 1.17 bits per heavy atom. The van der Waals surface area contributed by atoms with Gasteiger partial charge in [-0.15, -0.1) is 0 Å². The van der Waals surface area contributed by atoms with E-state index in [1.807, 2.05) is 18.6 Å². The van der Waals surface area contributed by atoms with Crippen molar-refractivity contribution in [1.82, 2.24) is 19.7 Å². The maximum Gasteiger partial charge on any atom is 0.180 e. The number of ether oxygens (including phenoxy) is 1. The third-order valence-corrected chi connectivity index (χ3v) is 6.00. The van der Waals surface area contributed by atoms with Crippen LogP contribution in [0.25, 0.3) is 16.9 Å². The molecule has 2 N–H and O–H groups in total. The summed E-state index contributed by atoms with van der Waals surface area (Å²) in [4.78, 5) is 9.18. The van der Waals surface area contributed by atoms with Gasteiger partial charge in [-0.1, -0.05) is 12.1 Å². The highest BCUT2D eigenvalue weighted by molar-refractivity contribution is 5.71. The van der Waals surface area contributed by atoms with Crippen LogP contribution < -0.4 is 10.6 Å². The van der Waals surface area contributed by atoms with E-state index in [1.165, 1.54) is 42.4 Å². The molecule has 1 unspecified atom stereocenters. The number of nitrogens with one attached hydrogen (secondary N) is 2. The molecule has 1 saturated carbocycles. The Labute approximate surface area is 171 Å². The number of aryl methyl sites for hydroxylation is 1.